The fourth-order valence-corrected chi connectivity index (χ4v) is 13.1. The molecular weight excluding hydrogens is 1020 g/mol. The molecule has 0 N–H and O–H groups in total. The van der Waals surface area contributed by atoms with Gasteiger partial charge in [0.25, 0.3) is 0 Å². The average Bonchev–Trinajstić information content (AvgIpc) is 4.00. The lowest BCUT2D eigenvalue weighted by atomic mass is 9.93. The van der Waals surface area contributed by atoms with Gasteiger partial charge in [-0.25, -0.2) is 0 Å². The van der Waals surface area contributed by atoms with Gasteiger partial charge in [0, 0.05) is 32.7 Å². The number of aryl methyl sites for hydroxylation is 9. The van der Waals surface area contributed by atoms with E-state index in [9.17, 15) is 18.4 Å². The molecule has 2 heterocycles. The molecule has 3 nitrogen and oxygen atoms in total. The number of halogens is 3. The van der Waals surface area contributed by atoms with Gasteiger partial charge in [-0.15, -0.1) is 0 Å². The van der Waals surface area contributed by atoms with Crippen LogP contribution in [0.25, 0.3) is 122 Å². The smallest absolute Gasteiger partial charge is 0.309 e. The Morgan fingerprint density at radius 2 is 0.602 bits per heavy atom. The highest BCUT2D eigenvalue weighted by Crippen LogP contribution is 2.46. The van der Waals surface area contributed by atoms with E-state index < -0.39 is 11.7 Å². The van der Waals surface area contributed by atoms with Crippen molar-refractivity contribution in [3.05, 3.63) is 261 Å². The van der Waals surface area contributed by atoms with Crippen LogP contribution in [0.15, 0.2) is 200 Å². The fourth-order valence-electron chi connectivity index (χ4n) is 13.1. The summed E-state index contributed by atoms with van der Waals surface area (Å²) in [6, 6.07) is 72.0. The van der Waals surface area contributed by atoms with Gasteiger partial charge in [-0.1, -0.05) is 160 Å². The number of fused-ring (bicyclic) bond motifs is 6. The molecule has 0 aliphatic rings. The standard InChI is InChI=1S/C77H60F3N3/c1-44-22-45(2)27-59(26-44)54-11-18-72-67(39-54)68-40-55(60-28-46(3)23-47(4)29-60)12-19-73(68)82(72)71-17-15-58(63-34-52(9)35-64(37-63)77(78,79)80)38-66(71)65-16-10-53(43-81)36-76(65)83-74-20-13-56(61-30-48(5)24-49(6)31-61)41-69(74)70-42-57(14-21-75(70)83)62-32-50(7)25-51(8)33-62/h10-42H,1-9H3. The highest BCUT2D eigenvalue weighted by Gasteiger charge is 2.31. The number of rotatable bonds is 8. The van der Waals surface area contributed by atoms with Gasteiger partial charge in [0.1, 0.15) is 0 Å². The first-order valence-electron chi connectivity index (χ1n) is 28.2. The summed E-state index contributed by atoms with van der Waals surface area (Å²) in [5, 5.41) is 15.0. The van der Waals surface area contributed by atoms with E-state index in [4.69, 9.17) is 0 Å². The number of hydrogen-bond acceptors (Lipinski definition) is 1. The number of aromatic nitrogens is 2. The zero-order valence-corrected chi connectivity index (χ0v) is 48.0. The van der Waals surface area contributed by atoms with E-state index in [0.717, 1.165) is 111 Å². The normalized spacial score (nSPS) is 11.8. The largest absolute Gasteiger partial charge is 0.416 e. The van der Waals surface area contributed by atoms with Gasteiger partial charge in [-0.05, 0) is 208 Å². The molecule has 0 amide bonds. The molecule has 404 valence electrons. The molecule has 2 aromatic heterocycles. The Kier molecular flexibility index (Phi) is 12.7. The molecule has 0 spiro atoms. The number of alkyl halides is 3. The first-order valence-corrected chi connectivity index (χ1v) is 28.2. The zero-order chi connectivity index (χ0) is 57.7. The minimum Gasteiger partial charge on any atom is -0.309 e. The van der Waals surface area contributed by atoms with Crippen LogP contribution in [0.2, 0.25) is 0 Å². The van der Waals surface area contributed by atoms with Gasteiger partial charge in [0.2, 0.25) is 0 Å². The summed E-state index contributed by atoms with van der Waals surface area (Å²) in [6.45, 7) is 18.8. The van der Waals surface area contributed by atoms with Gasteiger partial charge < -0.3 is 9.13 Å². The minimum absolute atomic E-state index is 0.452. The molecular formula is C77H60F3N3. The van der Waals surface area contributed by atoms with Crippen molar-refractivity contribution >= 4 is 43.6 Å². The van der Waals surface area contributed by atoms with Gasteiger partial charge in [-0.2, -0.15) is 18.4 Å². The van der Waals surface area contributed by atoms with Crippen molar-refractivity contribution in [1.82, 2.24) is 9.13 Å². The van der Waals surface area contributed by atoms with Crippen LogP contribution >= 0.6 is 0 Å². The quantitative estimate of drug-likeness (QED) is 0.149. The molecule has 0 atom stereocenters. The number of nitrogens with zero attached hydrogens (tertiary/aromatic N) is 3. The van der Waals surface area contributed by atoms with E-state index >= 15 is 0 Å². The van der Waals surface area contributed by atoms with Crippen LogP contribution in [0.3, 0.4) is 0 Å². The number of hydrogen-bond donors (Lipinski definition) is 0. The Bertz CT molecular complexity index is 4600. The highest BCUT2D eigenvalue weighted by molar-refractivity contribution is 6.14. The maximum atomic E-state index is 14.7. The molecule has 0 radical (unpaired) electrons. The fraction of sp³-hybridized carbons (Fsp3) is 0.130. The second-order valence-corrected chi connectivity index (χ2v) is 23.3. The van der Waals surface area contributed by atoms with Crippen molar-refractivity contribution in [2.24, 2.45) is 0 Å². The van der Waals surface area contributed by atoms with Crippen LogP contribution < -0.4 is 0 Å². The first-order chi connectivity index (χ1) is 39.8. The van der Waals surface area contributed by atoms with Crippen LogP contribution in [-0.4, -0.2) is 9.13 Å². The molecule has 83 heavy (non-hydrogen) atoms. The Balaban J connectivity index is 1.13. The maximum Gasteiger partial charge on any atom is 0.416 e. The molecule has 0 saturated heterocycles. The van der Waals surface area contributed by atoms with Gasteiger partial charge in [0.05, 0.1) is 50.6 Å². The monoisotopic (exact) mass is 1080 g/mol. The summed E-state index contributed by atoms with van der Waals surface area (Å²) in [4.78, 5) is 0. The van der Waals surface area contributed by atoms with Crippen LogP contribution in [0.1, 0.15) is 61.2 Å². The zero-order valence-electron chi connectivity index (χ0n) is 48.0. The maximum absolute atomic E-state index is 14.7. The Labute approximate surface area is 482 Å². The minimum atomic E-state index is -4.55. The number of nitriles is 1. The van der Waals surface area contributed by atoms with Gasteiger partial charge >= 0.3 is 6.18 Å². The predicted octanol–water partition coefficient (Wildman–Crippen LogP) is 21.5. The second-order valence-electron chi connectivity index (χ2n) is 23.3. The second kappa shape index (κ2) is 20.1. The Morgan fingerprint density at radius 3 is 0.952 bits per heavy atom. The molecule has 6 heteroatoms. The van der Waals surface area contributed by atoms with E-state index in [1.54, 1.807) is 6.92 Å². The third-order valence-electron chi connectivity index (χ3n) is 16.4. The molecule has 0 aliphatic heterocycles. The molecule has 11 aromatic carbocycles. The molecule has 0 aliphatic carbocycles. The lowest BCUT2D eigenvalue weighted by Gasteiger charge is -2.20. The summed E-state index contributed by atoms with van der Waals surface area (Å²) < 4.78 is 48.8. The summed E-state index contributed by atoms with van der Waals surface area (Å²) in [5.41, 5.74) is 26.7. The van der Waals surface area contributed by atoms with Crippen molar-refractivity contribution in [1.29, 1.82) is 5.26 Å². The third-order valence-corrected chi connectivity index (χ3v) is 16.4. The van der Waals surface area contributed by atoms with Crippen LogP contribution in [0.4, 0.5) is 13.2 Å². The van der Waals surface area contributed by atoms with Crippen molar-refractivity contribution in [2.75, 3.05) is 0 Å². The SMILES string of the molecule is Cc1cc(C)cc(-c2ccc3c(c2)c2cc(-c4cc(C)cc(C)c4)ccc2n3-c2ccc(-c3cc(C)cc(C(F)(F)F)c3)cc2-c2ccc(C#N)cc2-n2c3ccc(-c4cc(C)cc(C)c4)cc3c3cc(-c4cc(C)cc(C)c4)ccc32)c1. The lowest BCUT2D eigenvalue weighted by molar-refractivity contribution is -0.137. The molecule has 0 saturated carbocycles. The van der Waals surface area contributed by atoms with E-state index in [1.165, 1.54) is 56.6 Å². The third kappa shape index (κ3) is 9.66. The lowest BCUT2D eigenvalue weighted by Crippen LogP contribution is -2.05. The first kappa shape index (κ1) is 52.7. The van der Waals surface area contributed by atoms with Crippen LogP contribution in [-0.2, 0) is 6.18 Å². The highest BCUT2D eigenvalue weighted by atomic mass is 19.4. The van der Waals surface area contributed by atoms with E-state index in [1.807, 2.05) is 36.4 Å². The van der Waals surface area contributed by atoms with Crippen molar-refractivity contribution in [3.63, 3.8) is 0 Å². The van der Waals surface area contributed by atoms with Crippen molar-refractivity contribution in [3.8, 4) is 84.2 Å². The van der Waals surface area contributed by atoms with E-state index in [0.29, 0.717) is 22.3 Å². The summed E-state index contributed by atoms with van der Waals surface area (Å²) in [6.07, 6.45) is -4.55. The summed E-state index contributed by atoms with van der Waals surface area (Å²) >= 11 is 0. The molecule has 13 rings (SSSR count). The predicted molar refractivity (Wildman–Crippen MR) is 340 cm³/mol. The summed E-state index contributed by atoms with van der Waals surface area (Å²) in [7, 11) is 0. The molecule has 13 aromatic rings. The molecule has 0 unspecified atom stereocenters. The number of benzene rings is 11. The topological polar surface area (TPSA) is 33.6 Å². The van der Waals surface area contributed by atoms with Gasteiger partial charge in [-0.3, -0.25) is 0 Å². The molecule has 0 fully saturated rings. The van der Waals surface area contributed by atoms with Crippen molar-refractivity contribution in [2.45, 2.75) is 68.5 Å². The van der Waals surface area contributed by atoms with E-state index in [2.05, 4.69) is 222 Å². The van der Waals surface area contributed by atoms with Gasteiger partial charge in [0.15, 0.2) is 0 Å². The Hall–Kier alpha value is -9.70. The van der Waals surface area contributed by atoms with Crippen LogP contribution in [0.5, 0.6) is 0 Å². The Morgan fingerprint density at radius 1 is 0.289 bits per heavy atom. The van der Waals surface area contributed by atoms with E-state index in [-0.39, 0.29) is 0 Å². The average molecular weight is 1080 g/mol. The molecule has 0 bridgehead atoms. The van der Waals surface area contributed by atoms with Crippen molar-refractivity contribution < 1.29 is 13.2 Å². The summed E-state index contributed by atoms with van der Waals surface area (Å²) in [5.74, 6) is 0. The van der Waals surface area contributed by atoms with Crippen LogP contribution in [0, 0.1) is 73.6 Å².